The van der Waals surface area contributed by atoms with Crippen molar-refractivity contribution in [3.63, 3.8) is 0 Å². The molecule has 3 aliphatic carbocycles. The number of esters is 2. The Labute approximate surface area is 195 Å². The molecule has 0 aromatic carbocycles. The van der Waals surface area contributed by atoms with Crippen molar-refractivity contribution in [2.24, 2.45) is 47.3 Å². The first-order valence-corrected chi connectivity index (χ1v) is 13.2. The van der Waals surface area contributed by atoms with E-state index in [0.717, 1.165) is 25.7 Å². The van der Waals surface area contributed by atoms with Crippen molar-refractivity contribution in [1.82, 2.24) is 0 Å². The fourth-order valence-corrected chi connectivity index (χ4v) is 6.31. The van der Waals surface area contributed by atoms with Crippen molar-refractivity contribution in [2.45, 2.75) is 105 Å². The average molecular weight is 447 g/mol. The summed E-state index contributed by atoms with van der Waals surface area (Å²) in [5.74, 6) is 1.74. The number of ether oxygens (including phenoxy) is 2. The predicted molar refractivity (Wildman–Crippen MR) is 128 cm³/mol. The summed E-state index contributed by atoms with van der Waals surface area (Å²) in [6.45, 7) is 13.4. The second-order valence-electron chi connectivity index (χ2n) is 11.8. The number of allylic oxidation sites excluding steroid dienone is 2. The maximum atomic E-state index is 13.3. The van der Waals surface area contributed by atoms with E-state index in [-0.39, 0.29) is 24.1 Å². The van der Waals surface area contributed by atoms with Crippen LogP contribution in [0.1, 0.15) is 92.9 Å². The summed E-state index contributed by atoms with van der Waals surface area (Å²) in [5, 5.41) is 0. The normalized spacial score (nSPS) is 38.0. The van der Waals surface area contributed by atoms with E-state index in [1.165, 1.54) is 12.8 Å². The summed E-state index contributed by atoms with van der Waals surface area (Å²) < 4.78 is 12.3. The summed E-state index contributed by atoms with van der Waals surface area (Å²) >= 11 is 0. The Morgan fingerprint density at radius 1 is 0.688 bits per heavy atom. The van der Waals surface area contributed by atoms with Gasteiger partial charge >= 0.3 is 11.9 Å². The smallest absolute Gasteiger partial charge is 0.310 e. The summed E-state index contributed by atoms with van der Waals surface area (Å²) in [4.78, 5) is 26.6. The highest BCUT2D eigenvalue weighted by Gasteiger charge is 2.42. The van der Waals surface area contributed by atoms with Gasteiger partial charge in [0.15, 0.2) is 0 Å². The third-order valence-corrected chi connectivity index (χ3v) is 8.50. The van der Waals surface area contributed by atoms with Gasteiger partial charge in [0.05, 0.1) is 11.8 Å². The molecule has 32 heavy (non-hydrogen) atoms. The number of carbonyl (C=O) groups excluding carboxylic acids is 2. The second kappa shape index (κ2) is 11.2. The van der Waals surface area contributed by atoms with Crippen LogP contribution in [0, 0.1) is 47.3 Å². The van der Waals surface area contributed by atoms with Crippen LogP contribution in [-0.2, 0) is 19.1 Å². The molecule has 0 heterocycles. The van der Waals surface area contributed by atoms with Crippen molar-refractivity contribution in [2.75, 3.05) is 0 Å². The van der Waals surface area contributed by atoms with E-state index in [4.69, 9.17) is 9.47 Å². The minimum atomic E-state index is -0.420. The Morgan fingerprint density at radius 2 is 1.06 bits per heavy atom. The van der Waals surface area contributed by atoms with Gasteiger partial charge in [0, 0.05) is 0 Å². The van der Waals surface area contributed by atoms with Gasteiger partial charge in [-0.05, 0) is 74.0 Å². The maximum absolute atomic E-state index is 13.3. The number of rotatable bonds is 6. The Hall–Kier alpha value is -1.32. The van der Waals surface area contributed by atoms with Gasteiger partial charge in [0.2, 0.25) is 0 Å². The van der Waals surface area contributed by atoms with Crippen LogP contribution >= 0.6 is 0 Å². The monoisotopic (exact) mass is 446 g/mol. The van der Waals surface area contributed by atoms with Gasteiger partial charge in [-0.2, -0.15) is 0 Å². The van der Waals surface area contributed by atoms with Gasteiger partial charge < -0.3 is 9.47 Å². The summed E-state index contributed by atoms with van der Waals surface area (Å²) in [6, 6.07) is 0. The summed E-state index contributed by atoms with van der Waals surface area (Å²) in [7, 11) is 0. The Morgan fingerprint density at radius 3 is 1.41 bits per heavy atom. The molecule has 0 N–H and O–H groups in total. The van der Waals surface area contributed by atoms with Gasteiger partial charge in [0.25, 0.3) is 0 Å². The number of carbonyl (C=O) groups is 2. The summed E-state index contributed by atoms with van der Waals surface area (Å²) in [5.41, 5.74) is 0. The Balaban J connectivity index is 1.67. The van der Waals surface area contributed by atoms with Crippen LogP contribution in [0.2, 0.25) is 0 Å². The minimum Gasteiger partial charge on any atom is -0.462 e. The quantitative estimate of drug-likeness (QED) is 0.342. The third kappa shape index (κ3) is 6.17. The van der Waals surface area contributed by atoms with Crippen molar-refractivity contribution in [1.29, 1.82) is 0 Å². The van der Waals surface area contributed by atoms with Gasteiger partial charge in [-0.15, -0.1) is 0 Å². The molecule has 0 aromatic heterocycles. The highest BCUT2D eigenvalue weighted by molar-refractivity contribution is 5.83. The van der Waals surface area contributed by atoms with Crippen molar-refractivity contribution in [3.05, 3.63) is 12.2 Å². The first-order chi connectivity index (χ1) is 15.2. The maximum Gasteiger partial charge on any atom is 0.310 e. The molecule has 0 amide bonds. The van der Waals surface area contributed by atoms with E-state index in [0.29, 0.717) is 48.3 Å². The van der Waals surface area contributed by atoms with Crippen LogP contribution in [0.5, 0.6) is 0 Å². The van der Waals surface area contributed by atoms with Crippen LogP contribution in [0.15, 0.2) is 12.2 Å². The molecule has 8 atom stereocenters. The molecular weight excluding hydrogens is 400 g/mol. The topological polar surface area (TPSA) is 52.6 Å². The molecule has 4 heteroatoms. The first kappa shape index (κ1) is 25.3. The van der Waals surface area contributed by atoms with Crippen LogP contribution in [0.3, 0.4) is 0 Å². The molecule has 0 spiro atoms. The average Bonchev–Trinajstić information content (AvgIpc) is 2.73. The molecule has 182 valence electrons. The predicted octanol–water partition coefficient (Wildman–Crippen LogP) is 6.58. The lowest BCUT2D eigenvalue weighted by Crippen LogP contribution is -2.42. The minimum absolute atomic E-state index is 0.0293. The lowest BCUT2D eigenvalue weighted by molar-refractivity contribution is -0.174. The van der Waals surface area contributed by atoms with Gasteiger partial charge in [-0.1, -0.05) is 66.5 Å². The van der Waals surface area contributed by atoms with E-state index in [2.05, 4.69) is 41.5 Å². The fourth-order valence-electron chi connectivity index (χ4n) is 6.31. The van der Waals surface area contributed by atoms with Crippen molar-refractivity contribution >= 4 is 11.9 Å². The van der Waals surface area contributed by atoms with E-state index in [9.17, 15) is 9.59 Å². The Kier molecular flexibility index (Phi) is 8.86. The van der Waals surface area contributed by atoms with E-state index >= 15 is 0 Å². The van der Waals surface area contributed by atoms with Gasteiger partial charge in [-0.25, -0.2) is 0 Å². The van der Waals surface area contributed by atoms with E-state index in [1.807, 2.05) is 12.2 Å². The zero-order valence-corrected chi connectivity index (χ0v) is 21.2. The molecular formula is C28H46O4. The van der Waals surface area contributed by atoms with Gasteiger partial charge in [-0.3, -0.25) is 9.59 Å². The van der Waals surface area contributed by atoms with Gasteiger partial charge in [0.1, 0.15) is 12.2 Å². The molecule has 0 aliphatic heterocycles. The second-order valence-corrected chi connectivity index (χ2v) is 11.8. The molecule has 0 unspecified atom stereocenters. The number of hydrogen-bond donors (Lipinski definition) is 0. The van der Waals surface area contributed by atoms with Crippen molar-refractivity contribution < 1.29 is 19.1 Å². The highest BCUT2D eigenvalue weighted by Crippen LogP contribution is 2.39. The van der Waals surface area contributed by atoms with E-state index < -0.39 is 11.8 Å². The molecule has 3 aliphatic rings. The lowest BCUT2D eigenvalue weighted by atomic mass is 9.75. The Bertz CT molecular complexity index is 610. The van der Waals surface area contributed by atoms with Crippen LogP contribution in [0.25, 0.3) is 0 Å². The molecule has 3 rings (SSSR count). The zero-order valence-electron chi connectivity index (χ0n) is 21.2. The first-order valence-electron chi connectivity index (χ1n) is 13.2. The van der Waals surface area contributed by atoms with Crippen LogP contribution < -0.4 is 0 Å². The number of hydrogen-bond acceptors (Lipinski definition) is 4. The third-order valence-electron chi connectivity index (χ3n) is 8.50. The highest BCUT2D eigenvalue weighted by atomic mass is 16.6. The molecule has 2 fully saturated rings. The molecule has 0 bridgehead atoms. The fraction of sp³-hybridized carbons (Fsp3) is 0.857. The molecule has 0 aromatic rings. The van der Waals surface area contributed by atoms with Crippen molar-refractivity contribution in [3.8, 4) is 0 Å². The van der Waals surface area contributed by atoms with Crippen LogP contribution in [-0.4, -0.2) is 24.1 Å². The molecule has 0 radical (unpaired) electrons. The lowest BCUT2D eigenvalue weighted by Gasteiger charge is -2.39. The standard InChI is InChI=1S/C28H46O4/c1-17(2)21-13-11-19(5)15-25(21)31-27(29)23-9-7-8-10-24(23)28(30)32-26-16-20(6)12-14-22(26)18(3)4/h7-8,17-26H,9-16H2,1-6H3/t19-,20-,21+,22+,23+,24+,25-,26-/m0/s1. The molecule has 4 nitrogen and oxygen atoms in total. The van der Waals surface area contributed by atoms with Crippen LogP contribution in [0.4, 0.5) is 0 Å². The van der Waals surface area contributed by atoms with E-state index in [1.54, 1.807) is 0 Å². The molecule has 2 saturated carbocycles. The largest absolute Gasteiger partial charge is 0.462 e. The zero-order chi connectivity index (χ0) is 23.4. The summed E-state index contributed by atoms with van der Waals surface area (Å²) in [6.07, 6.45) is 11.6. The SMILES string of the molecule is CC(C)[C@H]1CC[C@H](C)C[C@@H]1OC(=O)[C@@H]1CC=CC[C@H]1C(=O)O[C@H]1C[C@@H](C)CC[C@@H]1C(C)C. The molecule has 0 saturated heterocycles.